The Morgan fingerprint density at radius 2 is 2.05 bits per heavy atom. The maximum atomic E-state index is 5.51. The highest BCUT2D eigenvalue weighted by molar-refractivity contribution is 5.36. The van der Waals surface area contributed by atoms with Gasteiger partial charge in [0.15, 0.2) is 0 Å². The monoisotopic (exact) mass is 277 g/mol. The van der Waals surface area contributed by atoms with Crippen LogP contribution in [0.4, 0.5) is 5.82 Å². The van der Waals surface area contributed by atoms with Crippen molar-refractivity contribution in [3.63, 3.8) is 0 Å². The van der Waals surface area contributed by atoms with Crippen molar-refractivity contribution in [3.8, 4) is 5.88 Å². The Balaban J connectivity index is 1.70. The Hall–Kier alpha value is -1.32. The Morgan fingerprint density at radius 3 is 2.80 bits per heavy atom. The highest BCUT2D eigenvalue weighted by Gasteiger charge is 2.17. The molecule has 1 aromatic rings. The summed E-state index contributed by atoms with van der Waals surface area (Å²) in [5.74, 6) is 3.35. The minimum absolute atomic E-state index is 0.663. The topological polar surface area (TPSA) is 47.0 Å². The fourth-order valence-electron chi connectivity index (χ4n) is 2.74. The van der Waals surface area contributed by atoms with Crippen molar-refractivity contribution in [2.75, 3.05) is 18.5 Å². The lowest BCUT2D eigenvalue weighted by atomic mass is 9.81. The van der Waals surface area contributed by atoms with Gasteiger partial charge in [-0.2, -0.15) is 0 Å². The van der Waals surface area contributed by atoms with Gasteiger partial charge in [-0.05, 0) is 24.7 Å². The molecule has 1 aliphatic rings. The van der Waals surface area contributed by atoms with Crippen molar-refractivity contribution in [3.05, 3.63) is 12.4 Å². The van der Waals surface area contributed by atoms with Crippen LogP contribution in [0.3, 0.4) is 0 Å². The number of ether oxygens (including phenoxy) is 1. The van der Waals surface area contributed by atoms with Crippen molar-refractivity contribution in [2.24, 2.45) is 11.8 Å². The molecule has 0 saturated heterocycles. The second kappa shape index (κ2) is 8.08. The van der Waals surface area contributed by atoms with E-state index >= 15 is 0 Å². The summed E-state index contributed by atoms with van der Waals surface area (Å²) in [6.45, 7) is 6.15. The Morgan fingerprint density at radius 1 is 1.25 bits per heavy atom. The summed E-state index contributed by atoms with van der Waals surface area (Å²) in [5, 5.41) is 3.39. The van der Waals surface area contributed by atoms with Gasteiger partial charge in [0.05, 0.1) is 6.61 Å². The second-order valence-electron chi connectivity index (χ2n) is 5.93. The minimum Gasteiger partial charge on any atom is -0.478 e. The fraction of sp³-hybridized carbons (Fsp3) is 0.750. The summed E-state index contributed by atoms with van der Waals surface area (Å²) in [7, 11) is 0. The van der Waals surface area contributed by atoms with Crippen LogP contribution in [0.1, 0.15) is 52.4 Å². The van der Waals surface area contributed by atoms with Gasteiger partial charge in [0, 0.05) is 12.6 Å². The summed E-state index contributed by atoms with van der Waals surface area (Å²) in [5.41, 5.74) is 0. The van der Waals surface area contributed by atoms with Crippen molar-refractivity contribution >= 4 is 5.82 Å². The van der Waals surface area contributed by atoms with Crippen LogP contribution < -0.4 is 10.1 Å². The highest BCUT2D eigenvalue weighted by Crippen LogP contribution is 2.30. The van der Waals surface area contributed by atoms with Crippen LogP contribution in [0.5, 0.6) is 5.88 Å². The lowest BCUT2D eigenvalue weighted by Crippen LogP contribution is -2.16. The van der Waals surface area contributed by atoms with Crippen LogP contribution in [0.25, 0.3) is 0 Å². The van der Waals surface area contributed by atoms with Gasteiger partial charge in [0.2, 0.25) is 5.88 Å². The van der Waals surface area contributed by atoms with E-state index in [2.05, 4.69) is 29.1 Å². The first kappa shape index (κ1) is 15.1. The highest BCUT2D eigenvalue weighted by atomic mass is 16.5. The average molecular weight is 277 g/mol. The molecule has 1 fully saturated rings. The van der Waals surface area contributed by atoms with E-state index in [0.29, 0.717) is 12.5 Å². The van der Waals surface area contributed by atoms with E-state index in [4.69, 9.17) is 4.74 Å². The molecule has 0 bridgehead atoms. The number of nitrogens with one attached hydrogen (secondary N) is 1. The number of hydrogen-bond donors (Lipinski definition) is 1. The van der Waals surface area contributed by atoms with Crippen LogP contribution in [-0.2, 0) is 0 Å². The van der Waals surface area contributed by atoms with E-state index in [0.717, 1.165) is 30.6 Å². The van der Waals surface area contributed by atoms with Gasteiger partial charge < -0.3 is 10.1 Å². The first-order valence-electron chi connectivity index (χ1n) is 7.96. The van der Waals surface area contributed by atoms with E-state index in [9.17, 15) is 0 Å². The van der Waals surface area contributed by atoms with Crippen molar-refractivity contribution in [2.45, 2.75) is 52.4 Å². The fourth-order valence-corrected chi connectivity index (χ4v) is 2.74. The van der Waals surface area contributed by atoms with Gasteiger partial charge in [0.25, 0.3) is 0 Å². The van der Waals surface area contributed by atoms with Gasteiger partial charge in [-0.1, -0.05) is 39.5 Å². The molecular formula is C16H27N3O. The molecule has 1 heterocycles. The van der Waals surface area contributed by atoms with Crippen molar-refractivity contribution < 1.29 is 4.74 Å². The van der Waals surface area contributed by atoms with Crippen molar-refractivity contribution in [1.29, 1.82) is 0 Å². The first-order valence-corrected chi connectivity index (χ1v) is 7.96. The Labute approximate surface area is 122 Å². The molecule has 1 aromatic heterocycles. The van der Waals surface area contributed by atoms with E-state index in [1.54, 1.807) is 6.33 Å². The molecule has 0 aromatic carbocycles. The van der Waals surface area contributed by atoms with Gasteiger partial charge in [-0.25, -0.2) is 9.97 Å². The molecule has 1 N–H and O–H groups in total. The molecule has 1 saturated carbocycles. The van der Waals surface area contributed by atoms with E-state index in [1.807, 2.05) is 6.07 Å². The van der Waals surface area contributed by atoms with Crippen LogP contribution in [0.15, 0.2) is 12.4 Å². The van der Waals surface area contributed by atoms with E-state index in [1.165, 1.54) is 32.1 Å². The average Bonchev–Trinajstić information content (AvgIpc) is 2.48. The maximum absolute atomic E-state index is 5.51. The summed E-state index contributed by atoms with van der Waals surface area (Å²) < 4.78 is 5.51. The lowest BCUT2D eigenvalue weighted by Gasteiger charge is -2.26. The Bertz CT molecular complexity index is 389. The molecule has 4 nitrogen and oxygen atoms in total. The third-order valence-electron chi connectivity index (χ3n) is 4.09. The van der Waals surface area contributed by atoms with Crippen LogP contribution in [0, 0.1) is 11.8 Å². The van der Waals surface area contributed by atoms with E-state index < -0.39 is 0 Å². The molecule has 20 heavy (non-hydrogen) atoms. The standard InChI is InChI=1S/C16H27N3O/c1-3-10-20-16-11-15(18-12-19-16)17-9-8-14-6-4-13(2)5-7-14/h11-14H,3-10H2,1-2H3,(H,17,18,19). The first-order chi connectivity index (χ1) is 9.78. The predicted molar refractivity (Wildman–Crippen MR) is 82.0 cm³/mol. The summed E-state index contributed by atoms with van der Waals surface area (Å²) in [6.07, 6.45) is 9.36. The molecule has 0 unspecified atom stereocenters. The molecule has 0 spiro atoms. The molecule has 0 radical (unpaired) electrons. The minimum atomic E-state index is 0.663. The zero-order valence-electron chi connectivity index (χ0n) is 12.8. The third-order valence-corrected chi connectivity index (χ3v) is 4.09. The van der Waals surface area contributed by atoms with E-state index in [-0.39, 0.29) is 0 Å². The second-order valence-corrected chi connectivity index (χ2v) is 5.93. The molecule has 4 heteroatoms. The number of nitrogens with zero attached hydrogens (tertiary/aromatic N) is 2. The number of anilines is 1. The molecule has 0 aliphatic heterocycles. The molecule has 112 valence electrons. The molecule has 2 rings (SSSR count). The molecule has 0 atom stereocenters. The van der Waals surface area contributed by atoms with Crippen LogP contribution in [-0.4, -0.2) is 23.1 Å². The largest absolute Gasteiger partial charge is 0.478 e. The maximum Gasteiger partial charge on any atom is 0.218 e. The van der Waals surface area contributed by atoms with Crippen LogP contribution in [0.2, 0.25) is 0 Å². The number of rotatable bonds is 7. The number of hydrogen-bond acceptors (Lipinski definition) is 4. The Kier molecular flexibility index (Phi) is 6.09. The van der Waals surface area contributed by atoms with Gasteiger partial charge >= 0.3 is 0 Å². The van der Waals surface area contributed by atoms with Gasteiger partial charge in [-0.15, -0.1) is 0 Å². The lowest BCUT2D eigenvalue weighted by molar-refractivity contribution is 0.282. The summed E-state index contributed by atoms with van der Waals surface area (Å²) in [6, 6.07) is 1.89. The molecule has 0 amide bonds. The zero-order chi connectivity index (χ0) is 14.2. The molecule has 1 aliphatic carbocycles. The smallest absolute Gasteiger partial charge is 0.218 e. The summed E-state index contributed by atoms with van der Waals surface area (Å²) >= 11 is 0. The summed E-state index contributed by atoms with van der Waals surface area (Å²) in [4.78, 5) is 8.35. The number of aromatic nitrogens is 2. The predicted octanol–water partition coefficient (Wildman–Crippen LogP) is 3.89. The van der Waals surface area contributed by atoms with Crippen LogP contribution >= 0.6 is 0 Å². The normalized spacial score (nSPS) is 22.5. The SMILES string of the molecule is CCCOc1cc(NCCC2CCC(C)CC2)ncn1. The van der Waals surface area contributed by atoms with Crippen molar-refractivity contribution in [1.82, 2.24) is 9.97 Å². The van der Waals surface area contributed by atoms with Gasteiger partial charge in [-0.3, -0.25) is 0 Å². The molecular weight excluding hydrogens is 250 g/mol. The zero-order valence-corrected chi connectivity index (χ0v) is 12.8. The quantitative estimate of drug-likeness (QED) is 0.821. The van der Waals surface area contributed by atoms with Gasteiger partial charge in [0.1, 0.15) is 12.1 Å². The third kappa shape index (κ3) is 4.99.